The van der Waals surface area contributed by atoms with E-state index < -0.39 is 35.8 Å². The minimum absolute atomic E-state index is 0.0629. The fraction of sp³-hybridized carbons (Fsp3) is 0.423. The SMILES string of the molecule is O=C(O)CCC(=O)N(C1CC1)[C@H]1c2cc(F)ccc2N(C(=O)c2ccc(OC(F)(F)F)cc2)[C@@H]2CC[C@@H]21. The lowest BCUT2D eigenvalue weighted by Crippen LogP contribution is -2.59. The highest BCUT2D eigenvalue weighted by Crippen LogP contribution is 2.54. The molecule has 1 N–H and O–H groups in total. The summed E-state index contributed by atoms with van der Waals surface area (Å²) in [6, 6.07) is 7.79. The fourth-order valence-corrected chi connectivity index (χ4v) is 5.42. The van der Waals surface area contributed by atoms with Crippen LogP contribution in [0.1, 0.15) is 60.5 Å². The van der Waals surface area contributed by atoms with Crippen molar-refractivity contribution in [2.45, 2.75) is 63.0 Å². The van der Waals surface area contributed by atoms with E-state index in [1.54, 1.807) is 9.80 Å². The van der Waals surface area contributed by atoms with Crippen molar-refractivity contribution in [3.8, 4) is 5.75 Å². The Labute approximate surface area is 209 Å². The number of aliphatic carboxylic acids is 1. The molecule has 2 aromatic carbocycles. The first kappa shape index (κ1) is 25.0. The number of nitrogens with zero attached hydrogens (tertiary/aromatic N) is 2. The van der Waals surface area contributed by atoms with Crippen LogP contribution in [0.15, 0.2) is 42.5 Å². The Balaban J connectivity index is 1.49. The molecule has 0 unspecified atom stereocenters. The van der Waals surface area contributed by atoms with Gasteiger partial charge >= 0.3 is 12.3 Å². The minimum Gasteiger partial charge on any atom is -0.481 e. The smallest absolute Gasteiger partial charge is 0.481 e. The van der Waals surface area contributed by atoms with Crippen molar-refractivity contribution in [2.24, 2.45) is 5.92 Å². The number of carbonyl (C=O) groups is 3. The summed E-state index contributed by atoms with van der Waals surface area (Å²) < 4.78 is 55.9. The van der Waals surface area contributed by atoms with Gasteiger partial charge in [0.1, 0.15) is 11.6 Å². The second-order valence-electron chi connectivity index (χ2n) is 9.63. The van der Waals surface area contributed by atoms with Gasteiger partial charge in [-0.1, -0.05) is 0 Å². The number of anilines is 1. The van der Waals surface area contributed by atoms with Gasteiger partial charge in [0, 0.05) is 41.2 Å². The molecule has 1 heterocycles. The average Bonchev–Trinajstić information content (AvgIpc) is 3.63. The molecule has 37 heavy (non-hydrogen) atoms. The number of carboxylic acids is 1. The summed E-state index contributed by atoms with van der Waals surface area (Å²) in [7, 11) is 0. The van der Waals surface area contributed by atoms with Crippen LogP contribution >= 0.6 is 0 Å². The van der Waals surface area contributed by atoms with Crippen LogP contribution in [0.5, 0.6) is 5.75 Å². The zero-order valence-electron chi connectivity index (χ0n) is 19.6. The molecule has 11 heteroatoms. The van der Waals surface area contributed by atoms with E-state index in [2.05, 4.69) is 4.74 Å². The molecule has 2 fully saturated rings. The first-order valence-corrected chi connectivity index (χ1v) is 12.1. The number of fused-ring (bicyclic) bond motifs is 2. The Bertz CT molecular complexity index is 1230. The number of carboxylic acid groups (broad SMARTS) is 1. The summed E-state index contributed by atoms with van der Waals surface area (Å²) >= 11 is 0. The Kier molecular flexibility index (Phi) is 6.33. The van der Waals surface area contributed by atoms with Crippen LogP contribution in [0.3, 0.4) is 0 Å². The third kappa shape index (κ3) is 4.99. The van der Waals surface area contributed by atoms with Crippen molar-refractivity contribution in [1.82, 2.24) is 4.90 Å². The van der Waals surface area contributed by atoms with Crippen molar-refractivity contribution in [2.75, 3.05) is 4.90 Å². The Morgan fingerprint density at radius 1 is 1.00 bits per heavy atom. The average molecular weight is 520 g/mol. The molecule has 0 saturated heterocycles. The Hall–Kier alpha value is -3.63. The van der Waals surface area contributed by atoms with Gasteiger partial charge in [-0.15, -0.1) is 13.2 Å². The third-order valence-electron chi connectivity index (χ3n) is 7.23. The number of hydrogen-bond acceptors (Lipinski definition) is 4. The molecule has 0 aromatic heterocycles. The summed E-state index contributed by atoms with van der Waals surface area (Å²) in [5.41, 5.74) is 1.05. The molecule has 0 bridgehead atoms. The molecule has 0 radical (unpaired) electrons. The quantitative estimate of drug-likeness (QED) is 0.516. The standard InChI is InChI=1S/C26H24F4N2O5/c27-15-3-9-21-19(13-15)24(31(16-4-5-16)22(33)11-12-23(34)35)18-8-10-20(18)32(21)25(36)14-1-6-17(7-2-14)37-26(28,29)30/h1-3,6-7,9,13,16,18,20,24H,4-5,8,10-12H2,(H,34,35)/t18-,20+,24+/m0/s1. The number of benzene rings is 2. The Morgan fingerprint density at radius 3 is 2.27 bits per heavy atom. The minimum atomic E-state index is -4.86. The fourth-order valence-electron chi connectivity index (χ4n) is 5.42. The molecule has 3 aliphatic rings. The lowest BCUT2D eigenvalue weighted by Gasteiger charge is -2.55. The van der Waals surface area contributed by atoms with Gasteiger partial charge in [0.2, 0.25) is 5.91 Å². The maximum atomic E-state index is 14.5. The van der Waals surface area contributed by atoms with Crippen molar-refractivity contribution < 1.29 is 41.8 Å². The molecule has 5 rings (SSSR count). The maximum Gasteiger partial charge on any atom is 0.573 e. The lowest BCUT2D eigenvalue weighted by molar-refractivity contribution is -0.274. The number of ether oxygens (including phenoxy) is 1. The van der Waals surface area contributed by atoms with Crippen LogP contribution in [-0.4, -0.2) is 46.2 Å². The normalized spacial score (nSPS) is 22.4. The van der Waals surface area contributed by atoms with Crippen LogP contribution in [0, 0.1) is 11.7 Å². The zero-order chi connectivity index (χ0) is 26.5. The molecular weight excluding hydrogens is 496 g/mol. The van der Waals surface area contributed by atoms with E-state index in [0.717, 1.165) is 25.0 Å². The van der Waals surface area contributed by atoms with E-state index in [1.165, 1.54) is 30.3 Å². The van der Waals surface area contributed by atoms with Crippen molar-refractivity contribution >= 4 is 23.5 Å². The summed E-state index contributed by atoms with van der Waals surface area (Å²) in [4.78, 5) is 41.1. The van der Waals surface area contributed by atoms with E-state index >= 15 is 0 Å². The largest absolute Gasteiger partial charge is 0.573 e. The zero-order valence-corrected chi connectivity index (χ0v) is 19.6. The summed E-state index contributed by atoms with van der Waals surface area (Å²) in [5, 5.41) is 9.06. The maximum absolute atomic E-state index is 14.5. The van der Waals surface area contributed by atoms with E-state index in [0.29, 0.717) is 24.1 Å². The monoisotopic (exact) mass is 520 g/mol. The number of rotatable bonds is 7. The van der Waals surface area contributed by atoms with Crippen molar-refractivity contribution in [3.63, 3.8) is 0 Å². The third-order valence-corrected chi connectivity index (χ3v) is 7.23. The highest BCUT2D eigenvalue weighted by atomic mass is 19.4. The number of carbonyl (C=O) groups excluding carboxylic acids is 2. The molecule has 196 valence electrons. The molecule has 7 nitrogen and oxygen atoms in total. The summed E-state index contributed by atoms with van der Waals surface area (Å²) in [6.45, 7) is 0. The van der Waals surface area contributed by atoms with E-state index in [9.17, 15) is 31.9 Å². The molecular formula is C26H24F4N2O5. The highest BCUT2D eigenvalue weighted by Gasteiger charge is 2.53. The van der Waals surface area contributed by atoms with Crippen LogP contribution < -0.4 is 9.64 Å². The summed E-state index contributed by atoms with van der Waals surface area (Å²) in [6.07, 6.45) is -2.47. The lowest BCUT2D eigenvalue weighted by atomic mass is 9.67. The van der Waals surface area contributed by atoms with Gasteiger partial charge in [0.15, 0.2) is 0 Å². The van der Waals surface area contributed by atoms with Crippen molar-refractivity contribution in [1.29, 1.82) is 0 Å². The van der Waals surface area contributed by atoms with Gasteiger partial charge in [0.25, 0.3) is 5.91 Å². The molecule has 0 spiro atoms. The first-order chi connectivity index (χ1) is 17.5. The van der Waals surface area contributed by atoms with E-state index in [1.807, 2.05) is 0 Å². The molecule has 2 aromatic rings. The molecule has 3 atom stereocenters. The number of halogens is 4. The predicted molar refractivity (Wildman–Crippen MR) is 122 cm³/mol. The molecule has 2 aliphatic carbocycles. The van der Waals surface area contributed by atoms with Gasteiger partial charge in [-0.3, -0.25) is 14.4 Å². The number of amides is 2. The van der Waals surface area contributed by atoms with Crippen LogP contribution in [0.25, 0.3) is 0 Å². The van der Waals surface area contributed by atoms with Crippen LogP contribution in [-0.2, 0) is 9.59 Å². The molecule has 2 saturated carbocycles. The topological polar surface area (TPSA) is 87.2 Å². The van der Waals surface area contributed by atoms with Gasteiger partial charge in [0.05, 0.1) is 12.5 Å². The van der Waals surface area contributed by atoms with Crippen LogP contribution in [0.2, 0.25) is 0 Å². The van der Waals surface area contributed by atoms with Gasteiger partial charge < -0.3 is 19.6 Å². The predicted octanol–water partition coefficient (Wildman–Crippen LogP) is 5.06. The van der Waals surface area contributed by atoms with Crippen LogP contribution in [0.4, 0.5) is 23.2 Å². The highest BCUT2D eigenvalue weighted by molar-refractivity contribution is 6.07. The number of alkyl halides is 3. The van der Waals surface area contributed by atoms with Gasteiger partial charge in [-0.05, 0) is 68.1 Å². The second-order valence-corrected chi connectivity index (χ2v) is 9.63. The molecule has 1 aliphatic heterocycles. The number of hydrogen-bond donors (Lipinski definition) is 1. The van der Waals surface area contributed by atoms with Gasteiger partial charge in [-0.25, -0.2) is 4.39 Å². The van der Waals surface area contributed by atoms with E-state index in [4.69, 9.17) is 5.11 Å². The first-order valence-electron chi connectivity index (χ1n) is 12.1. The van der Waals surface area contributed by atoms with Gasteiger partial charge in [-0.2, -0.15) is 0 Å². The van der Waals surface area contributed by atoms with Crippen molar-refractivity contribution in [3.05, 3.63) is 59.4 Å². The summed E-state index contributed by atoms with van der Waals surface area (Å²) in [5.74, 6) is -3.00. The Morgan fingerprint density at radius 2 is 1.70 bits per heavy atom. The second kappa shape index (κ2) is 9.35. The molecule has 2 amide bonds. The van der Waals surface area contributed by atoms with E-state index in [-0.39, 0.29) is 42.3 Å².